The van der Waals surface area contributed by atoms with Crippen LogP contribution in [-0.4, -0.2) is 139 Å². The summed E-state index contributed by atoms with van der Waals surface area (Å²) in [6, 6.07) is 8.71. The number of carbonyl (C=O) groups excluding carboxylic acids is 7. The van der Waals surface area contributed by atoms with Crippen molar-refractivity contribution in [1.82, 2.24) is 5.32 Å². The first kappa shape index (κ1) is 70.3. The van der Waals surface area contributed by atoms with Crippen LogP contribution in [0.25, 0.3) is 0 Å². The van der Waals surface area contributed by atoms with Crippen LogP contribution < -0.4 is 5.32 Å². The topological polar surface area (TPSA) is 307 Å². The Morgan fingerprint density at radius 1 is 0.443 bits per heavy atom. The molecule has 27 nitrogen and oxygen atoms in total. The third-order valence-electron chi connectivity index (χ3n) is 24.5. The van der Waals surface area contributed by atoms with E-state index in [1.54, 1.807) is 51.1 Å². The van der Waals surface area contributed by atoms with Crippen LogP contribution in [0.1, 0.15) is 190 Å². The molecular formula is C70H97NO26. The molecule has 0 radical (unpaired) electrons. The highest BCUT2D eigenvalue weighted by atomic mass is 17.3. The van der Waals surface area contributed by atoms with Gasteiger partial charge in [-0.2, -0.15) is 0 Å². The smallest absolute Gasteiger partial charge is 0.408 e. The van der Waals surface area contributed by atoms with Crippen LogP contribution >= 0.6 is 0 Å². The zero-order valence-electron chi connectivity index (χ0n) is 57.4. The van der Waals surface area contributed by atoms with Crippen LogP contribution in [0.15, 0.2) is 30.3 Å². The summed E-state index contributed by atoms with van der Waals surface area (Å²) in [6.07, 6.45) is -0.923. The largest absolute Gasteiger partial charge is 0.463 e. The van der Waals surface area contributed by atoms with Gasteiger partial charge in [-0.25, -0.2) is 34.1 Å². The highest BCUT2D eigenvalue weighted by molar-refractivity contribution is 5.79. The Bertz CT molecular complexity index is 3010. The summed E-state index contributed by atoms with van der Waals surface area (Å²) in [5.41, 5.74) is -4.90. The molecule has 1 amide bonds. The van der Waals surface area contributed by atoms with E-state index in [1.165, 1.54) is 0 Å². The maximum atomic E-state index is 14.0. The van der Waals surface area contributed by atoms with Crippen LogP contribution in [0.4, 0.5) is 4.79 Å². The van der Waals surface area contributed by atoms with Crippen LogP contribution in [0, 0.1) is 70.5 Å². The van der Waals surface area contributed by atoms with Crippen LogP contribution in [0.5, 0.6) is 0 Å². The van der Waals surface area contributed by atoms with Crippen LogP contribution in [-0.2, 0) is 126 Å². The number of alkyl carbamates (subject to hydrolysis) is 1. The van der Waals surface area contributed by atoms with Crippen molar-refractivity contribution in [2.24, 2.45) is 70.5 Å². The number of nitrogens with one attached hydrogen (secondary N) is 1. The number of benzene rings is 1. The number of carbonyl (C=O) groups is 7. The predicted octanol–water partition coefficient (Wildman–Crippen LogP) is 9.27. The molecular weight excluding hydrogens is 1270 g/mol. The molecule has 97 heavy (non-hydrogen) atoms. The second-order valence-corrected chi connectivity index (χ2v) is 30.9. The first-order valence-corrected chi connectivity index (χ1v) is 35.3. The van der Waals surface area contributed by atoms with Gasteiger partial charge in [-0.05, 0) is 120 Å². The standard InChI is InChI=1S/C70H97NO26/c1-38-16-18-48-41(4)56(86-59-68(48)45(38)27-31-64(8,89-59)92-95-68)83-53(75)23-20-50(72)80-35-67(71-62(78)79-34-44-14-12-11-13-15-44,36-81-51(73)21-24-54(76)84-57-42(5)49-19-17-39(2)46-28-32-65(9)90-60(87-57)69(46,49)96-93-65)37-82-52(74)22-25-55(77)85-58-43(6)63(7)30-26-40(3)47-29-33-66(10)91-61(88-58)70(47,63)97-94-66/h11-15,38-43,45-49,56-61H,16-37H2,1-10H3,(H,71,78)/t38-,39-,40-,41-,42-,43+,45+,46+,47+,48+,49+,56-,57-,58-,59-,60-,61-,63+,64-,65-,66-,68-,69-,70+/m1/s1. The number of fused-ring (bicyclic) bond motifs is 6. The average molecular weight is 1370 g/mol. The molecule has 12 aliphatic heterocycles. The molecule has 12 heterocycles. The van der Waals surface area contributed by atoms with Crippen molar-refractivity contribution in [1.29, 1.82) is 0 Å². The van der Waals surface area contributed by atoms with E-state index in [1.807, 2.05) is 20.8 Å². The third kappa shape index (κ3) is 13.0. The fraction of sp³-hybridized carbons (Fsp3) is 0.814. The summed E-state index contributed by atoms with van der Waals surface area (Å²) < 4.78 is 79.5. The highest BCUT2D eigenvalue weighted by Gasteiger charge is 2.76. The van der Waals surface area contributed by atoms with Gasteiger partial charge in [0.2, 0.25) is 36.2 Å². The van der Waals surface area contributed by atoms with Crippen molar-refractivity contribution in [3.05, 3.63) is 35.9 Å². The van der Waals surface area contributed by atoms with Gasteiger partial charge in [0.25, 0.3) is 0 Å². The van der Waals surface area contributed by atoms with E-state index in [0.29, 0.717) is 43.1 Å². The first-order valence-electron chi connectivity index (χ1n) is 35.3. The fourth-order valence-electron chi connectivity index (χ4n) is 18.6. The number of hydrogen-bond acceptors (Lipinski definition) is 26. The Morgan fingerprint density at radius 2 is 0.856 bits per heavy atom. The van der Waals surface area contributed by atoms with Gasteiger partial charge in [-0.15, -0.1) is 0 Å². The van der Waals surface area contributed by atoms with Crippen molar-refractivity contribution in [2.75, 3.05) is 19.8 Å². The summed E-state index contributed by atoms with van der Waals surface area (Å²) in [6.45, 7) is 17.1. The summed E-state index contributed by atoms with van der Waals surface area (Å²) in [5.74, 6) is -8.76. The number of esters is 6. The van der Waals surface area contributed by atoms with Gasteiger partial charge in [-0.3, -0.25) is 28.8 Å². The van der Waals surface area contributed by atoms with Crippen molar-refractivity contribution in [3.63, 3.8) is 0 Å². The summed E-state index contributed by atoms with van der Waals surface area (Å²) in [4.78, 5) is 134. The Morgan fingerprint density at radius 3 is 1.34 bits per heavy atom. The third-order valence-corrected chi connectivity index (χ3v) is 24.5. The average Bonchev–Trinajstić information content (AvgIpc) is 1.68. The molecule has 16 rings (SSSR count). The molecule has 3 aliphatic carbocycles. The minimum absolute atomic E-state index is 0.0427. The molecule has 15 aliphatic rings. The molecule has 15 fully saturated rings. The zero-order chi connectivity index (χ0) is 68.7. The lowest BCUT2D eigenvalue weighted by atomic mass is 9.50. The SMILES string of the molecule is C[C@H]1[C@H](OC(=O)CCC(=O)OCC(COC(=O)CCC(=O)O[C@@H]2O[C@@H]3O[C@@]4(C)CC[C@H]5[C@H](C)CC[C@@H]([C@H]2C)[C@@]35OO4)(COC(=O)CCC(=O)O[C@@H]2O[C@@H]3O[C@@]4(C)CC[C@H]5[C@H](C)CC[C@@](C)([C@H]2C)[C@@]35OO4)NC(=O)OCc2ccccc2)O[C@@H]2O[C@@]3(C)CC[C@H]4[C@H](C)CC[C@@H]1[C@@]24OO3. The molecule has 6 bridgehead atoms. The first-order chi connectivity index (χ1) is 46.1. The molecule has 538 valence electrons. The van der Waals surface area contributed by atoms with E-state index in [0.717, 1.165) is 51.4 Å². The van der Waals surface area contributed by atoms with E-state index in [4.69, 9.17) is 90.9 Å². The van der Waals surface area contributed by atoms with E-state index in [9.17, 15) is 33.6 Å². The summed E-state index contributed by atoms with van der Waals surface area (Å²) in [5, 5.41) is 2.61. The zero-order valence-corrected chi connectivity index (χ0v) is 57.4. The van der Waals surface area contributed by atoms with Gasteiger partial charge in [0.1, 0.15) is 32.0 Å². The minimum Gasteiger partial charge on any atom is -0.463 e. The lowest BCUT2D eigenvalue weighted by Crippen LogP contribution is -2.74. The monoisotopic (exact) mass is 1370 g/mol. The quantitative estimate of drug-likeness (QED) is 0.0680. The molecule has 3 spiro atoms. The molecule has 12 saturated heterocycles. The van der Waals surface area contributed by atoms with Crippen LogP contribution in [0.3, 0.4) is 0 Å². The van der Waals surface area contributed by atoms with E-state index in [2.05, 4.69) is 33.0 Å². The Balaban J connectivity index is 0.676. The van der Waals surface area contributed by atoms with Crippen molar-refractivity contribution >= 4 is 41.9 Å². The van der Waals surface area contributed by atoms with Gasteiger partial charge in [0, 0.05) is 54.3 Å². The van der Waals surface area contributed by atoms with Gasteiger partial charge in [-0.1, -0.05) is 78.8 Å². The molecule has 3 saturated carbocycles. The lowest BCUT2D eigenvalue weighted by Gasteiger charge is -2.65. The maximum absolute atomic E-state index is 14.0. The van der Waals surface area contributed by atoms with E-state index >= 15 is 0 Å². The normalized spacial score (nSPS) is 44.0. The van der Waals surface area contributed by atoms with Crippen molar-refractivity contribution in [3.8, 4) is 0 Å². The van der Waals surface area contributed by atoms with Crippen molar-refractivity contribution < 1.29 is 124 Å². The Kier molecular flexibility index (Phi) is 19.5. The predicted molar refractivity (Wildman–Crippen MR) is 326 cm³/mol. The maximum Gasteiger partial charge on any atom is 0.408 e. The molecule has 1 aromatic carbocycles. The molecule has 0 aromatic heterocycles. The highest BCUT2D eigenvalue weighted by Crippen LogP contribution is 2.67. The number of hydrogen-bond donors (Lipinski definition) is 1. The van der Waals surface area contributed by atoms with E-state index < -0.39 is 189 Å². The van der Waals surface area contributed by atoms with E-state index in [-0.39, 0.29) is 54.0 Å². The van der Waals surface area contributed by atoms with Gasteiger partial charge >= 0.3 is 41.9 Å². The number of amides is 1. The molecule has 1 aromatic rings. The van der Waals surface area contributed by atoms with Crippen LogP contribution in [0.2, 0.25) is 0 Å². The molecule has 24 atom stereocenters. The second-order valence-electron chi connectivity index (χ2n) is 30.9. The number of ether oxygens (including phenoxy) is 13. The fourth-order valence-corrected chi connectivity index (χ4v) is 18.6. The molecule has 27 heteroatoms. The molecule has 0 unspecified atom stereocenters. The van der Waals surface area contributed by atoms with Gasteiger partial charge in [0.05, 0.1) is 38.5 Å². The summed E-state index contributed by atoms with van der Waals surface area (Å²) >= 11 is 0. The molecule has 1 N–H and O–H groups in total. The minimum atomic E-state index is -2.11. The number of rotatable bonds is 21. The summed E-state index contributed by atoms with van der Waals surface area (Å²) in [7, 11) is 0. The van der Waals surface area contributed by atoms with Crippen molar-refractivity contribution in [2.45, 2.75) is 269 Å². The lowest BCUT2D eigenvalue weighted by molar-refractivity contribution is -0.586. The van der Waals surface area contributed by atoms with Gasteiger partial charge in [0.15, 0.2) is 35.7 Å². The Hall–Kier alpha value is -5.17. The van der Waals surface area contributed by atoms with Gasteiger partial charge < -0.3 is 66.9 Å². The second kappa shape index (κ2) is 27.0. The Labute approximate surface area is 564 Å².